The summed E-state index contributed by atoms with van der Waals surface area (Å²) in [4.78, 5) is 29.6. The van der Waals surface area contributed by atoms with E-state index in [0.29, 0.717) is 5.02 Å². The fourth-order valence-electron chi connectivity index (χ4n) is 1.37. The molecule has 1 aromatic heterocycles. The molecule has 0 aliphatic carbocycles. The molecule has 0 fully saturated rings. The molecule has 96 valence electrons. The van der Waals surface area contributed by atoms with Crippen molar-refractivity contribution in [3.8, 4) is 0 Å². The van der Waals surface area contributed by atoms with Crippen molar-refractivity contribution in [1.29, 1.82) is 0 Å². The van der Waals surface area contributed by atoms with E-state index >= 15 is 0 Å². The Kier molecular flexibility index (Phi) is 3.67. The minimum Gasteiger partial charge on any atom is -0.290 e. The van der Waals surface area contributed by atoms with Crippen LogP contribution in [-0.4, -0.2) is 20.8 Å². The molecule has 2 aromatic rings. The Bertz CT molecular complexity index is 630. The third kappa shape index (κ3) is 3.02. The Morgan fingerprint density at radius 1 is 1.26 bits per heavy atom. The van der Waals surface area contributed by atoms with E-state index in [0.717, 1.165) is 0 Å². The molecule has 0 radical (unpaired) electrons. The molecule has 0 unspecified atom stereocenters. The molecule has 8 heteroatoms. The first kappa shape index (κ1) is 12.9. The van der Waals surface area contributed by atoms with Gasteiger partial charge in [0.1, 0.15) is 5.56 Å². The van der Waals surface area contributed by atoms with Crippen LogP contribution in [0, 0.1) is 10.1 Å². The number of amides is 1. The van der Waals surface area contributed by atoms with Crippen molar-refractivity contribution < 1.29 is 9.72 Å². The molecule has 0 bridgehead atoms. The van der Waals surface area contributed by atoms with Crippen LogP contribution in [0.1, 0.15) is 10.4 Å². The van der Waals surface area contributed by atoms with Gasteiger partial charge in [-0.1, -0.05) is 23.7 Å². The first-order valence-corrected chi connectivity index (χ1v) is 5.48. The molecule has 7 nitrogen and oxygen atoms in total. The van der Waals surface area contributed by atoms with Crippen LogP contribution in [0.5, 0.6) is 0 Å². The lowest BCUT2D eigenvalue weighted by Crippen LogP contribution is -2.15. The van der Waals surface area contributed by atoms with Crippen LogP contribution in [0.4, 0.5) is 11.6 Å². The largest absolute Gasteiger partial charge is 0.290 e. The van der Waals surface area contributed by atoms with Crippen LogP contribution in [0.2, 0.25) is 5.02 Å². The molecule has 0 saturated heterocycles. The maximum Gasteiger partial charge on any atom is 0.282 e. The summed E-state index contributed by atoms with van der Waals surface area (Å²) in [5.41, 5.74) is -0.347. The number of hydrogen-bond acceptors (Lipinski definition) is 5. The smallest absolute Gasteiger partial charge is 0.282 e. The zero-order chi connectivity index (χ0) is 13.8. The van der Waals surface area contributed by atoms with Crippen LogP contribution < -0.4 is 5.32 Å². The van der Waals surface area contributed by atoms with Crippen molar-refractivity contribution in [2.75, 3.05) is 5.32 Å². The minimum absolute atomic E-state index is 0.0209. The van der Waals surface area contributed by atoms with Gasteiger partial charge >= 0.3 is 0 Å². The van der Waals surface area contributed by atoms with Crippen molar-refractivity contribution in [3.63, 3.8) is 0 Å². The Balaban J connectivity index is 2.25. The number of nitrogens with one attached hydrogen (secondary N) is 1. The zero-order valence-corrected chi connectivity index (χ0v) is 10.2. The second kappa shape index (κ2) is 5.40. The maximum atomic E-state index is 11.9. The zero-order valence-electron chi connectivity index (χ0n) is 9.41. The topological polar surface area (TPSA) is 98.0 Å². The normalized spacial score (nSPS) is 9.95. The number of para-hydroxylation sites is 1. The quantitative estimate of drug-likeness (QED) is 0.686. The summed E-state index contributed by atoms with van der Waals surface area (Å²) in [6, 6.07) is 5.61. The second-order valence-corrected chi connectivity index (χ2v) is 3.89. The third-order valence-electron chi connectivity index (χ3n) is 2.19. The van der Waals surface area contributed by atoms with Gasteiger partial charge in [-0.2, -0.15) is 0 Å². The van der Waals surface area contributed by atoms with Crippen molar-refractivity contribution in [2.24, 2.45) is 0 Å². The highest BCUT2D eigenvalue weighted by Gasteiger charge is 2.19. The van der Waals surface area contributed by atoms with E-state index in [1.165, 1.54) is 36.7 Å². The van der Waals surface area contributed by atoms with Crippen LogP contribution in [0.25, 0.3) is 0 Å². The number of hydrogen-bond donors (Lipinski definition) is 1. The molecule has 0 saturated carbocycles. The molecule has 1 amide bonds. The van der Waals surface area contributed by atoms with Gasteiger partial charge in [-0.3, -0.25) is 20.2 Å². The number of nitro benzene ring substituents is 1. The number of aromatic nitrogens is 2. The summed E-state index contributed by atoms with van der Waals surface area (Å²) >= 11 is 5.60. The molecule has 1 N–H and O–H groups in total. The monoisotopic (exact) mass is 278 g/mol. The number of benzene rings is 1. The Morgan fingerprint density at radius 2 is 1.89 bits per heavy atom. The molecule has 0 spiro atoms. The van der Waals surface area contributed by atoms with Crippen LogP contribution in [0.15, 0.2) is 36.7 Å². The fraction of sp³-hybridized carbons (Fsp3) is 0. The van der Waals surface area contributed by atoms with Gasteiger partial charge in [0.05, 0.1) is 22.3 Å². The van der Waals surface area contributed by atoms with Gasteiger partial charge < -0.3 is 0 Å². The van der Waals surface area contributed by atoms with Gasteiger partial charge in [-0.05, 0) is 6.07 Å². The van der Waals surface area contributed by atoms with E-state index in [1.807, 2.05) is 0 Å². The lowest BCUT2D eigenvalue weighted by molar-refractivity contribution is -0.385. The SMILES string of the molecule is O=C(Nc1ncc(Cl)cn1)c1ccccc1[N+](=O)[O-]. The van der Waals surface area contributed by atoms with E-state index in [2.05, 4.69) is 15.3 Å². The third-order valence-corrected chi connectivity index (χ3v) is 2.39. The van der Waals surface area contributed by atoms with Crippen LogP contribution in [0.3, 0.4) is 0 Å². The first-order chi connectivity index (χ1) is 9.08. The second-order valence-electron chi connectivity index (χ2n) is 3.45. The number of anilines is 1. The van der Waals surface area contributed by atoms with Gasteiger partial charge in [0, 0.05) is 6.07 Å². The predicted octanol–water partition coefficient (Wildman–Crippen LogP) is 2.29. The fourth-order valence-corrected chi connectivity index (χ4v) is 1.47. The minimum atomic E-state index is -0.658. The molecule has 1 heterocycles. The van der Waals surface area contributed by atoms with Crippen LogP contribution in [-0.2, 0) is 0 Å². The van der Waals surface area contributed by atoms with Crippen LogP contribution >= 0.6 is 11.6 Å². The highest BCUT2D eigenvalue weighted by Crippen LogP contribution is 2.18. The highest BCUT2D eigenvalue weighted by atomic mass is 35.5. The Morgan fingerprint density at radius 3 is 2.53 bits per heavy atom. The van der Waals surface area contributed by atoms with Gasteiger partial charge in [-0.15, -0.1) is 0 Å². The van der Waals surface area contributed by atoms with E-state index in [-0.39, 0.29) is 17.2 Å². The Hall–Kier alpha value is -2.54. The maximum absolute atomic E-state index is 11.9. The average Bonchev–Trinajstić information content (AvgIpc) is 2.41. The van der Waals surface area contributed by atoms with Crippen molar-refractivity contribution in [2.45, 2.75) is 0 Å². The number of halogens is 1. The van der Waals surface area contributed by atoms with E-state index in [4.69, 9.17) is 11.6 Å². The Labute approximate surface area is 112 Å². The molecule has 19 heavy (non-hydrogen) atoms. The predicted molar refractivity (Wildman–Crippen MR) is 68.1 cm³/mol. The molecular formula is C11H7ClN4O3. The van der Waals surface area contributed by atoms with Gasteiger partial charge in [0.25, 0.3) is 11.6 Å². The number of nitro groups is 1. The van der Waals surface area contributed by atoms with Crippen molar-refractivity contribution >= 4 is 29.1 Å². The van der Waals surface area contributed by atoms with Gasteiger partial charge in [-0.25, -0.2) is 9.97 Å². The molecule has 0 atom stereocenters. The molecule has 0 aliphatic rings. The first-order valence-electron chi connectivity index (χ1n) is 5.10. The average molecular weight is 279 g/mol. The number of nitrogens with zero attached hydrogens (tertiary/aromatic N) is 3. The lowest BCUT2D eigenvalue weighted by Gasteiger charge is -2.03. The number of carbonyl (C=O) groups excluding carboxylic acids is 1. The standard InChI is InChI=1S/C11H7ClN4O3/c12-7-5-13-11(14-6-7)15-10(17)8-3-1-2-4-9(8)16(18)19/h1-6H,(H,13,14,15,17). The summed E-state index contributed by atoms with van der Waals surface area (Å²) in [7, 11) is 0. The highest BCUT2D eigenvalue weighted by molar-refractivity contribution is 6.30. The number of rotatable bonds is 3. The number of carbonyl (C=O) groups is 1. The van der Waals surface area contributed by atoms with E-state index in [9.17, 15) is 14.9 Å². The summed E-state index contributed by atoms with van der Waals surface area (Å²) < 4.78 is 0. The molecule has 2 rings (SSSR count). The molecule has 0 aliphatic heterocycles. The molecular weight excluding hydrogens is 272 g/mol. The van der Waals surface area contributed by atoms with E-state index in [1.54, 1.807) is 0 Å². The molecule has 1 aromatic carbocycles. The summed E-state index contributed by atoms with van der Waals surface area (Å²) in [5.74, 6) is -0.637. The van der Waals surface area contributed by atoms with Crippen molar-refractivity contribution in [3.05, 3.63) is 57.4 Å². The van der Waals surface area contributed by atoms with Crippen molar-refractivity contribution in [1.82, 2.24) is 9.97 Å². The van der Waals surface area contributed by atoms with E-state index < -0.39 is 10.8 Å². The lowest BCUT2D eigenvalue weighted by atomic mass is 10.1. The van der Waals surface area contributed by atoms with Gasteiger partial charge in [0.15, 0.2) is 0 Å². The summed E-state index contributed by atoms with van der Waals surface area (Å²) in [6.07, 6.45) is 2.62. The van der Waals surface area contributed by atoms with Gasteiger partial charge in [0.2, 0.25) is 5.95 Å². The summed E-state index contributed by atoms with van der Waals surface area (Å²) in [5, 5.41) is 13.5. The summed E-state index contributed by atoms with van der Waals surface area (Å²) in [6.45, 7) is 0.